The molecular formula is C21H21N5O3. The molecule has 0 saturated carbocycles. The van der Waals surface area contributed by atoms with E-state index < -0.39 is 5.92 Å². The number of benzene rings is 1. The SMILES string of the molecule is COc1cccc(N2C[C@H](C(=O)Nc3ccc(-n4ccnc4C)nc3)CC2=O)c1. The van der Waals surface area contributed by atoms with Crippen molar-refractivity contribution in [3.05, 3.63) is 60.8 Å². The Morgan fingerprint density at radius 1 is 1.24 bits per heavy atom. The number of hydrogen-bond donors (Lipinski definition) is 1. The van der Waals surface area contributed by atoms with Gasteiger partial charge in [0.05, 0.1) is 24.9 Å². The zero-order chi connectivity index (χ0) is 20.4. The number of anilines is 2. The number of pyridine rings is 1. The second-order valence-electron chi connectivity index (χ2n) is 6.85. The first kappa shape index (κ1) is 18.7. The largest absolute Gasteiger partial charge is 0.497 e. The Bertz CT molecular complexity index is 1040. The molecule has 1 aliphatic rings. The Hall–Kier alpha value is -3.68. The molecule has 8 nitrogen and oxygen atoms in total. The number of rotatable bonds is 5. The third-order valence-corrected chi connectivity index (χ3v) is 4.95. The molecule has 29 heavy (non-hydrogen) atoms. The zero-order valence-corrected chi connectivity index (χ0v) is 16.2. The van der Waals surface area contributed by atoms with E-state index in [0.717, 1.165) is 17.3 Å². The molecule has 3 heterocycles. The number of amides is 2. The van der Waals surface area contributed by atoms with Gasteiger partial charge in [0, 0.05) is 37.1 Å². The molecule has 0 unspecified atom stereocenters. The monoisotopic (exact) mass is 391 g/mol. The smallest absolute Gasteiger partial charge is 0.229 e. The van der Waals surface area contributed by atoms with Crippen LogP contribution in [0.4, 0.5) is 11.4 Å². The fraction of sp³-hybridized carbons (Fsp3) is 0.238. The topological polar surface area (TPSA) is 89.3 Å². The summed E-state index contributed by atoms with van der Waals surface area (Å²) in [7, 11) is 1.58. The lowest BCUT2D eigenvalue weighted by molar-refractivity contribution is -0.122. The molecule has 2 amide bonds. The summed E-state index contributed by atoms with van der Waals surface area (Å²) in [4.78, 5) is 35.3. The van der Waals surface area contributed by atoms with E-state index >= 15 is 0 Å². The summed E-state index contributed by atoms with van der Waals surface area (Å²) in [6.45, 7) is 2.22. The van der Waals surface area contributed by atoms with Crippen LogP contribution in [-0.2, 0) is 9.59 Å². The number of aryl methyl sites for hydroxylation is 1. The Morgan fingerprint density at radius 2 is 2.10 bits per heavy atom. The summed E-state index contributed by atoms with van der Waals surface area (Å²) in [5, 5.41) is 2.86. The Kier molecular flexibility index (Phi) is 4.99. The van der Waals surface area contributed by atoms with Gasteiger partial charge in [-0.2, -0.15) is 0 Å². The number of ether oxygens (including phenoxy) is 1. The number of methoxy groups -OCH3 is 1. The van der Waals surface area contributed by atoms with Crippen molar-refractivity contribution in [3.8, 4) is 11.6 Å². The number of nitrogens with zero attached hydrogens (tertiary/aromatic N) is 4. The molecule has 1 saturated heterocycles. The maximum atomic E-state index is 12.7. The molecule has 1 aromatic carbocycles. The van der Waals surface area contributed by atoms with Gasteiger partial charge in [-0.25, -0.2) is 9.97 Å². The summed E-state index contributed by atoms with van der Waals surface area (Å²) in [5.74, 6) is 1.51. The average molecular weight is 391 g/mol. The highest BCUT2D eigenvalue weighted by atomic mass is 16.5. The molecule has 4 rings (SSSR count). The van der Waals surface area contributed by atoms with E-state index in [-0.39, 0.29) is 18.2 Å². The van der Waals surface area contributed by atoms with Crippen LogP contribution in [0.3, 0.4) is 0 Å². The Labute approximate surface area is 168 Å². The standard InChI is InChI=1S/C21H21N5O3/c1-14-22-8-9-25(14)19-7-6-16(12-23-19)24-21(28)15-10-20(27)26(13-15)17-4-3-5-18(11-17)29-2/h3-9,11-12,15H,10,13H2,1-2H3,(H,24,28)/t15-/m1/s1. The predicted molar refractivity (Wildman–Crippen MR) is 108 cm³/mol. The number of carbonyl (C=O) groups excluding carboxylic acids is 2. The maximum Gasteiger partial charge on any atom is 0.229 e. The molecule has 0 radical (unpaired) electrons. The molecule has 1 N–H and O–H groups in total. The number of hydrogen-bond acceptors (Lipinski definition) is 5. The summed E-state index contributed by atoms with van der Waals surface area (Å²) < 4.78 is 7.07. The summed E-state index contributed by atoms with van der Waals surface area (Å²) >= 11 is 0. The van der Waals surface area contributed by atoms with Gasteiger partial charge in [0.2, 0.25) is 11.8 Å². The second kappa shape index (κ2) is 7.75. The van der Waals surface area contributed by atoms with Crippen LogP contribution in [0.25, 0.3) is 5.82 Å². The third-order valence-electron chi connectivity index (χ3n) is 4.95. The van der Waals surface area contributed by atoms with Crippen LogP contribution in [0.15, 0.2) is 55.0 Å². The van der Waals surface area contributed by atoms with Gasteiger partial charge in [0.1, 0.15) is 17.4 Å². The molecule has 8 heteroatoms. The van der Waals surface area contributed by atoms with Crippen LogP contribution >= 0.6 is 0 Å². The Morgan fingerprint density at radius 3 is 2.79 bits per heavy atom. The zero-order valence-electron chi connectivity index (χ0n) is 16.2. The molecule has 2 aromatic heterocycles. The quantitative estimate of drug-likeness (QED) is 0.722. The van der Waals surface area contributed by atoms with E-state index in [2.05, 4.69) is 15.3 Å². The number of nitrogens with one attached hydrogen (secondary N) is 1. The van der Waals surface area contributed by atoms with E-state index in [1.807, 2.05) is 42.0 Å². The normalized spacial score (nSPS) is 16.1. The van der Waals surface area contributed by atoms with Gasteiger partial charge in [-0.15, -0.1) is 0 Å². The molecule has 1 fully saturated rings. The van der Waals surface area contributed by atoms with Crippen molar-refractivity contribution in [1.82, 2.24) is 14.5 Å². The van der Waals surface area contributed by atoms with E-state index in [4.69, 9.17) is 4.74 Å². The van der Waals surface area contributed by atoms with Crippen molar-refractivity contribution in [2.75, 3.05) is 23.9 Å². The molecule has 1 atom stereocenters. The third kappa shape index (κ3) is 3.82. The van der Waals surface area contributed by atoms with Crippen molar-refractivity contribution in [2.45, 2.75) is 13.3 Å². The fourth-order valence-corrected chi connectivity index (χ4v) is 3.38. The average Bonchev–Trinajstić information content (AvgIpc) is 3.34. The minimum atomic E-state index is -0.427. The lowest BCUT2D eigenvalue weighted by atomic mass is 10.1. The molecule has 1 aliphatic heterocycles. The van der Waals surface area contributed by atoms with Gasteiger partial charge in [0.15, 0.2) is 0 Å². The van der Waals surface area contributed by atoms with Crippen LogP contribution in [-0.4, -0.2) is 40.0 Å². The number of aromatic nitrogens is 3. The lowest BCUT2D eigenvalue weighted by Crippen LogP contribution is -2.28. The van der Waals surface area contributed by atoms with Crippen LogP contribution in [0.5, 0.6) is 5.75 Å². The van der Waals surface area contributed by atoms with Crippen molar-refractivity contribution < 1.29 is 14.3 Å². The highest BCUT2D eigenvalue weighted by Gasteiger charge is 2.35. The van der Waals surface area contributed by atoms with E-state index in [9.17, 15) is 9.59 Å². The van der Waals surface area contributed by atoms with Crippen molar-refractivity contribution in [3.63, 3.8) is 0 Å². The van der Waals surface area contributed by atoms with E-state index in [1.165, 1.54) is 0 Å². The summed E-state index contributed by atoms with van der Waals surface area (Å²) in [5.41, 5.74) is 1.31. The molecule has 0 bridgehead atoms. The van der Waals surface area contributed by atoms with Gasteiger partial charge in [0.25, 0.3) is 0 Å². The first-order valence-electron chi connectivity index (χ1n) is 9.27. The molecule has 0 spiro atoms. The first-order chi connectivity index (χ1) is 14.0. The molecule has 0 aliphatic carbocycles. The molecule has 3 aromatic rings. The molecular weight excluding hydrogens is 370 g/mol. The van der Waals surface area contributed by atoms with Crippen molar-refractivity contribution in [2.24, 2.45) is 5.92 Å². The van der Waals surface area contributed by atoms with Crippen LogP contribution < -0.4 is 15.0 Å². The summed E-state index contributed by atoms with van der Waals surface area (Å²) in [6.07, 6.45) is 5.30. The van der Waals surface area contributed by atoms with E-state index in [1.54, 1.807) is 36.5 Å². The van der Waals surface area contributed by atoms with Crippen LogP contribution in [0, 0.1) is 12.8 Å². The second-order valence-corrected chi connectivity index (χ2v) is 6.85. The van der Waals surface area contributed by atoms with Crippen LogP contribution in [0.2, 0.25) is 0 Å². The van der Waals surface area contributed by atoms with Gasteiger partial charge < -0.3 is 15.0 Å². The first-order valence-corrected chi connectivity index (χ1v) is 9.27. The minimum Gasteiger partial charge on any atom is -0.497 e. The highest BCUT2D eigenvalue weighted by Crippen LogP contribution is 2.28. The highest BCUT2D eigenvalue weighted by molar-refractivity contribution is 6.03. The van der Waals surface area contributed by atoms with Gasteiger partial charge >= 0.3 is 0 Å². The van der Waals surface area contributed by atoms with Gasteiger partial charge in [-0.1, -0.05) is 6.07 Å². The number of imidazole rings is 1. The fourth-order valence-electron chi connectivity index (χ4n) is 3.38. The van der Waals surface area contributed by atoms with Gasteiger partial charge in [-0.3, -0.25) is 14.2 Å². The van der Waals surface area contributed by atoms with E-state index in [0.29, 0.717) is 18.0 Å². The van der Waals surface area contributed by atoms with Crippen molar-refractivity contribution >= 4 is 23.2 Å². The predicted octanol–water partition coefficient (Wildman–Crippen LogP) is 2.58. The van der Waals surface area contributed by atoms with Gasteiger partial charge in [-0.05, 0) is 31.2 Å². The maximum absolute atomic E-state index is 12.7. The lowest BCUT2D eigenvalue weighted by Gasteiger charge is -2.17. The van der Waals surface area contributed by atoms with Crippen LogP contribution in [0.1, 0.15) is 12.2 Å². The minimum absolute atomic E-state index is 0.0811. The van der Waals surface area contributed by atoms with Crippen molar-refractivity contribution in [1.29, 1.82) is 0 Å². The Balaban J connectivity index is 1.42. The molecule has 148 valence electrons. The number of carbonyl (C=O) groups is 2. The summed E-state index contributed by atoms with van der Waals surface area (Å²) in [6, 6.07) is 10.9.